The Morgan fingerprint density at radius 3 is 2.82 bits per heavy atom. The molecule has 5 N–H and O–H groups in total. The maximum Gasteiger partial charge on any atom is 0.404 e. The Kier molecular flexibility index (Phi) is 4.59. The van der Waals surface area contributed by atoms with E-state index < -0.39 is 6.09 Å². The average molecular weight is 240 g/mol. The van der Waals surface area contributed by atoms with E-state index in [1.54, 1.807) is 6.07 Å². The lowest BCUT2D eigenvalue weighted by Gasteiger charge is -2.15. The molecule has 0 heterocycles. The van der Waals surface area contributed by atoms with Gasteiger partial charge in [-0.25, -0.2) is 4.79 Å². The normalized spacial score (nSPS) is 12.1. The molecule has 94 valence electrons. The first-order chi connectivity index (χ1) is 8.00. The van der Waals surface area contributed by atoms with Crippen LogP contribution in [0.2, 0.25) is 0 Å². The quantitative estimate of drug-likeness (QED) is 0.571. The third kappa shape index (κ3) is 4.20. The van der Waals surface area contributed by atoms with Gasteiger partial charge in [0.25, 0.3) is 0 Å². The van der Waals surface area contributed by atoms with Gasteiger partial charge in [0.15, 0.2) is 0 Å². The minimum atomic E-state index is -0.813. The predicted molar refractivity (Wildman–Crippen MR) is 61.7 cm³/mol. The smallest absolute Gasteiger partial charge is 0.404 e. The number of rotatable bonds is 5. The van der Waals surface area contributed by atoms with Crippen LogP contribution in [0.15, 0.2) is 18.2 Å². The summed E-state index contributed by atoms with van der Waals surface area (Å²) in [5.41, 5.74) is 5.46. The van der Waals surface area contributed by atoms with Gasteiger partial charge in [-0.05, 0) is 13.0 Å². The van der Waals surface area contributed by atoms with Gasteiger partial charge in [0.2, 0.25) is 0 Å². The molecule has 1 aromatic carbocycles. The molecule has 1 atom stereocenters. The molecule has 0 aliphatic heterocycles. The van der Waals surface area contributed by atoms with Crippen molar-refractivity contribution in [2.24, 2.45) is 5.73 Å². The minimum absolute atomic E-state index is 0.00973. The van der Waals surface area contributed by atoms with Crippen LogP contribution in [0.25, 0.3) is 0 Å². The highest BCUT2D eigenvalue weighted by Gasteiger charge is 2.10. The fourth-order valence-electron chi connectivity index (χ4n) is 1.44. The van der Waals surface area contributed by atoms with Crippen molar-refractivity contribution < 1.29 is 19.7 Å². The van der Waals surface area contributed by atoms with E-state index in [1.165, 1.54) is 12.1 Å². The summed E-state index contributed by atoms with van der Waals surface area (Å²) in [5, 5.41) is 21.8. The number of aromatic hydroxyl groups is 2. The molecule has 0 aliphatic carbocycles. The van der Waals surface area contributed by atoms with Crippen molar-refractivity contribution in [3.63, 3.8) is 0 Å². The fourth-order valence-corrected chi connectivity index (χ4v) is 1.44. The molecule has 0 radical (unpaired) electrons. The summed E-state index contributed by atoms with van der Waals surface area (Å²) in [4.78, 5) is 10.3. The topological polar surface area (TPSA) is 105 Å². The average Bonchev–Trinajstić information content (AvgIpc) is 2.23. The van der Waals surface area contributed by atoms with Crippen molar-refractivity contribution in [3.05, 3.63) is 23.8 Å². The number of hydrogen-bond acceptors (Lipinski definition) is 5. The molecule has 1 amide bonds. The van der Waals surface area contributed by atoms with E-state index in [9.17, 15) is 9.90 Å². The highest BCUT2D eigenvalue weighted by molar-refractivity contribution is 5.64. The summed E-state index contributed by atoms with van der Waals surface area (Å²) >= 11 is 0. The molecular formula is C11H16N2O4. The SMILES string of the molecule is CC(NCCOC(N)=O)c1ccc(O)cc1O. The van der Waals surface area contributed by atoms with Crippen molar-refractivity contribution in [1.82, 2.24) is 5.32 Å². The number of carbonyl (C=O) groups is 1. The van der Waals surface area contributed by atoms with Crippen molar-refractivity contribution >= 4 is 6.09 Å². The molecule has 0 aromatic heterocycles. The molecule has 6 heteroatoms. The summed E-state index contributed by atoms with van der Waals surface area (Å²) < 4.78 is 4.55. The third-order valence-electron chi connectivity index (χ3n) is 2.28. The fraction of sp³-hybridized carbons (Fsp3) is 0.364. The molecule has 0 bridgehead atoms. The molecule has 0 fully saturated rings. The van der Waals surface area contributed by atoms with Crippen LogP contribution in [0.1, 0.15) is 18.5 Å². The number of amides is 1. The van der Waals surface area contributed by atoms with E-state index in [1.807, 2.05) is 6.92 Å². The molecule has 6 nitrogen and oxygen atoms in total. The van der Waals surface area contributed by atoms with E-state index in [0.29, 0.717) is 12.1 Å². The Morgan fingerprint density at radius 1 is 1.53 bits per heavy atom. The molecule has 0 aliphatic rings. The molecule has 0 saturated heterocycles. The van der Waals surface area contributed by atoms with E-state index in [4.69, 9.17) is 10.8 Å². The van der Waals surface area contributed by atoms with Crippen LogP contribution < -0.4 is 11.1 Å². The first-order valence-corrected chi connectivity index (χ1v) is 5.18. The van der Waals surface area contributed by atoms with Gasteiger partial charge in [-0.15, -0.1) is 0 Å². The molecule has 1 aromatic rings. The van der Waals surface area contributed by atoms with Crippen LogP contribution in [0.5, 0.6) is 11.5 Å². The van der Waals surface area contributed by atoms with Gasteiger partial charge in [-0.1, -0.05) is 6.07 Å². The van der Waals surface area contributed by atoms with Crippen molar-refractivity contribution in [2.75, 3.05) is 13.2 Å². The first-order valence-electron chi connectivity index (χ1n) is 5.18. The van der Waals surface area contributed by atoms with Crippen molar-refractivity contribution in [2.45, 2.75) is 13.0 Å². The maximum absolute atomic E-state index is 10.3. The van der Waals surface area contributed by atoms with Crippen LogP contribution in [0, 0.1) is 0 Å². The first kappa shape index (κ1) is 13.1. The Bertz CT molecular complexity index is 395. The number of phenols is 2. The summed E-state index contributed by atoms with van der Waals surface area (Å²) in [7, 11) is 0. The lowest BCUT2D eigenvalue weighted by atomic mass is 10.1. The van der Waals surface area contributed by atoms with Crippen LogP contribution in [-0.2, 0) is 4.74 Å². The zero-order chi connectivity index (χ0) is 12.8. The monoisotopic (exact) mass is 240 g/mol. The summed E-state index contributed by atoms with van der Waals surface area (Å²) in [5.74, 6) is 0.0244. The molecule has 17 heavy (non-hydrogen) atoms. The van der Waals surface area contributed by atoms with Crippen LogP contribution in [0.3, 0.4) is 0 Å². The number of benzene rings is 1. The predicted octanol–water partition coefficient (Wildman–Crippen LogP) is 0.844. The second kappa shape index (κ2) is 5.95. The van der Waals surface area contributed by atoms with Crippen molar-refractivity contribution in [3.8, 4) is 11.5 Å². The summed E-state index contributed by atoms with van der Waals surface area (Å²) in [6.07, 6.45) is -0.813. The van der Waals surface area contributed by atoms with E-state index in [0.717, 1.165) is 0 Å². The van der Waals surface area contributed by atoms with Gasteiger partial charge in [-0.3, -0.25) is 0 Å². The number of carbonyl (C=O) groups excluding carboxylic acids is 1. The lowest BCUT2D eigenvalue weighted by molar-refractivity contribution is 0.156. The van der Waals surface area contributed by atoms with E-state index in [-0.39, 0.29) is 24.1 Å². The Labute approximate surface area is 99.0 Å². The second-order valence-corrected chi connectivity index (χ2v) is 3.59. The zero-order valence-electron chi connectivity index (χ0n) is 9.51. The zero-order valence-corrected chi connectivity index (χ0v) is 9.51. The third-order valence-corrected chi connectivity index (χ3v) is 2.28. The second-order valence-electron chi connectivity index (χ2n) is 3.59. The molecule has 1 rings (SSSR count). The number of nitrogens with two attached hydrogens (primary N) is 1. The number of nitrogens with one attached hydrogen (secondary N) is 1. The summed E-state index contributed by atoms with van der Waals surface area (Å²) in [6.45, 7) is 2.43. The molecule has 0 saturated carbocycles. The Hall–Kier alpha value is -1.95. The van der Waals surface area contributed by atoms with Crippen LogP contribution >= 0.6 is 0 Å². The highest BCUT2D eigenvalue weighted by atomic mass is 16.5. The highest BCUT2D eigenvalue weighted by Crippen LogP contribution is 2.27. The maximum atomic E-state index is 10.3. The van der Waals surface area contributed by atoms with E-state index >= 15 is 0 Å². The minimum Gasteiger partial charge on any atom is -0.508 e. The molecule has 0 spiro atoms. The van der Waals surface area contributed by atoms with Crippen LogP contribution in [-0.4, -0.2) is 29.5 Å². The Morgan fingerprint density at radius 2 is 2.24 bits per heavy atom. The molecular weight excluding hydrogens is 224 g/mol. The van der Waals surface area contributed by atoms with E-state index in [2.05, 4.69) is 10.1 Å². The van der Waals surface area contributed by atoms with Gasteiger partial charge >= 0.3 is 6.09 Å². The van der Waals surface area contributed by atoms with Gasteiger partial charge in [0, 0.05) is 24.2 Å². The van der Waals surface area contributed by atoms with Gasteiger partial charge in [0.1, 0.15) is 18.1 Å². The van der Waals surface area contributed by atoms with Gasteiger partial charge < -0.3 is 26.0 Å². The number of phenolic OH excluding ortho intramolecular Hbond substituents is 2. The number of ether oxygens (including phenoxy) is 1. The van der Waals surface area contributed by atoms with Crippen molar-refractivity contribution in [1.29, 1.82) is 0 Å². The lowest BCUT2D eigenvalue weighted by Crippen LogP contribution is -2.25. The standard InChI is InChI=1S/C11H16N2O4/c1-7(13-4-5-17-11(12)16)9-3-2-8(14)6-10(9)15/h2-3,6-7,13-15H,4-5H2,1H3,(H2,12,16). The summed E-state index contributed by atoms with van der Waals surface area (Å²) in [6, 6.07) is 4.25. The van der Waals surface area contributed by atoms with Gasteiger partial charge in [0.05, 0.1) is 0 Å². The number of primary amides is 1. The van der Waals surface area contributed by atoms with Crippen LogP contribution in [0.4, 0.5) is 4.79 Å². The Balaban J connectivity index is 2.46. The number of hydrogen-bond donors (Lipinski definition) is 4. The molecule has 1 unspecified atom stereocenters. The van der Waals surface area contributed by atoms with Gasteiger partial charge in [-0.2, -0.15) is 0 Å². The largest absolute Gasteiger partial charge is 0.508 e.